The second-order valence-corrected chi connectivity index (χ2v) is 8.99. The fraction of sp³-hybridized carbons (Fsp3) is 0.364. The maximum atomic E-state index is 11.1. The van der Waals surface area contributed by atoms with Crippen molar-refractivity contribution in [1.29, 1.82) is 0 Å². The molecule has 2 aromatic heterocycles. The monoisotopic (exact) mass is 353 g/mol. The van der Waals surface area contributed by atoms with Crippen molar-refractivity contribution in [3.63, 3.8) is 0 Å². The predicted molar refractivity (Wildman–Crippen MR) is 83.2 cm³/mol. The molecule has 0 aliphatic carbocycles. The van der Waals surface area contributed by atoms with Gasteiger partial charge in [-0.05, 0) is 12.5 Å². The van der Waals surface area contributed by atoms with Gasteiger partial charge in [0.1, 0.15) is 20.0 Å². The van der Waals surface area contributed by atoms with Gasteiger partial charge in [0.2, 0.25) is 0 Å². The Morgan fingerprint density at radius 1 is 1.50 bits per heavy atom. The van der Waals surface area contributed by atoms with E-state index in [0.29, 0.717) is 26.6 Å². The van der Waals surface area contributed by atoms with Gasteiger partial charge < -0.3 is 10.7 Å². The van der Waals surface area contributed by atoms with E-state index in [9.17, 15) is 8.42 Å². The number of rotatable bonds is 5. The van der Waals surface area contributed by atoms with E-state index in [4.69, 9.17) is 28.9 Å². The first-order chi connectivity index (χ1) is 9.26. The molecule has 0 saturated heterocycles. The van der Waals surface area contributed by atoms with Crippen LogP contribution in [-0.4, -0.2) is 30.4 Å². The summed E-state index contributed by atoms with van der Waals surface area (Å²) in [6, 6.07) is 1.28. The third kappa shape index (κ3) is 3.95. The van der Waals surface area contributed by atoms with Gasteiger partial charge in [0.15, 0.2) is 0 Å². The molecule has 1 unspecified atom stereocenters. The molecule has 1 atom stereocenters. The number of nitrogens with one attached hydrogen (secondary N) is 1. The summed E-state index contributed by atoms with van der Waals surface area (Å²) in [4.78, 5) is 7.22. The molecule has 0 saturated carbocycles. The average Bonchev–Trinajstić information content (AvgIpc) is 2.91. The molecular formula is C11H13Cl2N3O2S2. The Kier molecular flexibility index (Phi) is 4.76. The van der Waals surface area contributed by atoms with Gasteiger partial charge >= 0.3 is 0 Å². The van der Waals surface area contributed by atoms with Gasteiger partial charge in [-0.15, -0.1) is 11.3 Å². The van der Waals surface area contributed by atoms with E-state index in [-0.39, 0.29) is 5.75 Å². The van der Waals surface area contributed by atoms with Crippen LogP contribution in [0.2, 0.25) is 8.67 Å². The van der Waals surface area contributed by atoms with Crippen LogP contribution < -0.4 is 5.73 Å². The number of halogens is 2. The molecule has 0 fully saturated rings. The molecule has 0 aliphatic heterocycles. The van der Waals surface area contributed by atoms with E-state index in [0.717, 1.165) is 5.56 Å². The molecule has 0 bridgehead atoms. The van der Waals surface area contributed by atoms with Gasteiger partial charge in [0.05, 0.1) is 28.0 Å². The Hall–Kier alpha value is -0.600. The lowest BCUT2D eigenvalue weighted by Crippen LogP contribution is -2.16. The average molecular weight is 354 g/mol. The molecule has 2 rings (SSSR count). The quantitative estimate of drug-likeness (QED) is 0.864. The largest absolute Gasteiger partial charge is 0.341 e. The first-order valence-corrected chi connectivity index (χ1v) is 9.33. The summed E-state index contributed by atoms with van der Waals surface area (Å²) in [6.45, 7) is 0. The molecule has 0 amide bonds. The number of thiophene rings is 1. The summed E-state index contributed by atoms with van der Waals surface area (Å²) in [5, 5.41) is 0. The SMILES string of the molecule is CS(=O)(=O)CCC(N)c1ncc(-c2cc(Cl)sc2Cl)[nH]1. The highest BCUT2D eigenvalue weighted by molar-refractivity contribution is 7.90. The van der Waals surface area contributed by atoms with Crippen LogP contribution in [0.5, 0.6) is 0 Å². The maximum absolute atomic E-state index is 11.1. The Morgan fingerprint density at radius 3 is 2.75 bits per heavy atom. The Balaban J connectivity index is 2.14. The Morgan fingerprint density at radius 2 is 2.20 bits per heavy atom. The molecular weight excluding hydrogens is 341 g/mol. The standard InChI is InChI=1S/C11H13Cl2N3O2S2/c1-20(17,18)3-2-7(14)11-15-5-8(16-11)6-4-9(12)19-10(6)13/h4-5,7H,2-3,14H2,1H3,(H,15,16). The highest BCUT2D eigenvalue weighted by Gasteiger charge is 2.16. The van der Waals surface area contributed by atoms with E-state index in [2.05, 4.69) is 9.97 Å². The lowest BCUT2D eigenvalue weighted by atomic mass is 10.2. The second kappa shape index (κ2) is 6.03. The van der Waals surface area contributed by atoms with E-state index in [1.54, 1.807) is 12.3 Å². The first-order valence-electron chi connectivity index (χ1n) is 5.69. The number of H-pyrrole nitrogens is 1. The van der Waals surface area contributed by atoms with Crippen molar-refractivity contribution >= 4 is 44.4 Å². The summed E-state index contributed by atoms with van der Waals surface area (Å²) in [6.07, 6.45) is 3.10. The predicted octanol–water partition coefficient (Wildman–Crippen LogP) is 2.88. The van der Waals surface area contributed by atoms with Crippen LogP contribution in [0.3, 0.4) is 0 Å². The van der Waals surface area contributed by atoms with Gasteiger partial charge in [0.25, 0.3) is 0 Å². The number of nitrogens with zero attached hydrogens (tertiary/aromatic N) is 1. The fourth-order valence-electron chi connectivity index (χ4n) is 1.66. The molecule has 3 N–H and O–H groups in total. The number of hydrogen-bond donors (Lipinski definition) is 2. The fourth-order valence-corrected chi connectivity index (χ4v) is 3.84. The van der Waals surface area contributed by atoms with E-state index in [1.165, 1.54) is 17.6 Å². The number of hydrogen-bond acceptors (Lipinski definition) is 5. The minimum Gasteiger partial charge on any atom is -0.341 e. The van der Waals surface area contributed by atoms with E-state index in [1.807, 2.05) is 0 Å². The molecule has 2 aromatic rings. The maximum Gasteiger partial charge on any atom is 0.147 e. The summed E-state index contributed by atoms with van der Waals surface area (Å²) >= 11 is 13.2. The van der Waals surface area contributed by atoms with E-state index >= 15 is 0 Å². The number of nitrogens with two attached hydrogens (primary N) is 1. The first kappa shape index (κ1) is 15.8. The second-order valence-electron chi connectivity index (χ2n) is 4.45. The van der Waals surface area contributed by atoms with Crippen molar-refractivity contribution in [3.05, 3.63) is 26.8 Å². The van der Waals surface area contributed by atoms with Crippen molar-refractivity contribution in [2.24, 2.45) is 5.73 Å². The molecule has 5 nitrogen and oxygen atoms in total. The normalized spacial score (nSPS) is 13.6. The van der Waals surface area contributed by atoms with Gasteiger partial charge in [-0.1, -0.05) is 23.2 Å². The van der Waals surface area contributed by atoms with Crippen molar-refractivity contribution in [2.45, 2.75) is 12.5 Å². The zero-order valence-electron chi connectivity index (χ0n) is 10.6. The van der Waals surface area contributed by atoms with Crippen molar-refractivity contribution < 1.29 is 8.42 Å². The topological polar surface area (TPSA) is 88.8 Å². The summed E-state index contributed by atoms with van der Waals surface area (Å²) < 4.78 is 23.4. The van der Waals surface area contributed by atoms with Gasteiger partial charge in [-0.25, -0.2) is 13.4 Å². The number of aromatic nitrogens is 2. The minimum atomic E-state index is -3.03. The van der Waals surface area contributed by atoms with E-state index < -0.39 is 15.9 Å². The summed E-state index contributed by atoms with van der Waals surface area (Å²) in [5.74, 6) is 0.553. The number of aromatic amines is 1. The molecule has 9 heteroatoms. The van der Waals surface area contributed by atoms with Crippen molar-refractivity contribution in [3.8, 4) is 11.3 Å². The van der Waals surface area contributed by atoms with Crippen LogP contribution in [0.4, 0.5) is 0 Å². The molecule has 0 spiro atoms. The van der Waals surface area contributed by atoms with Crippen LogP contribution in [0.25, 0.3) is 11.3 Å². The lowest BCUT2D eigenvalue weighted by Gasteiger charge is -2.07. The lowest BCUT2D eigenvalue weighted by molar-refractivity contribution is 0.588. The molecule has 0 aliphatic rings. The number of sulfone groups is 1. The minimum absolute atomic E-state index is 0.0231. The highest BCUT2D eigenvalue weighted by atomic mass is 35.5. The van der Waals surface area contributed by atoms with Gasteiger partial charge in [0, 0.05) is 11.8 Å². The third-order valence-electron chi connectivity index (χ3n) is 2.69. The van der Waals surface area contributed by atoms with Crippen LogP contribution in [-0.2, 0) is 9.84 Å². The Bertz CT molecular complexity index is 709. The molecule has 0 aromatic carbocycles. The summed E-state index contributed by atoms with van der Waals surface area (Å²) in [7, 11) is -3.03. The smallest absolute Gasteiger partial charge is 0.147 e. The van der Waals surface area contributed by atoms with Crippen molar-refractivity contribution in [1.82, 2.24) is 9.97 Å². The van der Waals surface area contributed by atoms with Gasteiger partial charge in [-0.2, -0.15) is 0 Å². The molecule has 20 heavy (non-hydrogen) atoms. The zero-order chi connectivity index (χ0) is 14.9. The van der Waals surface area contributed by atoms with Gasteiger partial charge in [-0.3, -0.25) is 0 Å². The Labute approximate surface area is 131 Å². The third-order valence-corrected chi connectivity index (χ3v) is 5.16. The molecule has 2 heterocycles. The molecule has 110 valence electrons. The van der Waals surface area contributed by atoms with Crippen LogP contribution in [0.15, 0.2) is 12.3 Å². The summed E-state index contributed by atoms with van der Waals surface area (Å²) in [5.41, 5.74) is 7.39. The number of imidazole rings is 1. The highest BCUT2D eigenvalue weighted by Crippen LogP contribution is 2.37. The van der Waals surface area contributed by atoms with Crippen LogP contribution in [0, 0.1) is 0 Å². The van der Waals surface area contributed by atoms with Crippen LogP contribution >= 0.6 is 34.5 Å². The molecule has 0 radical (unpaired) electrons. The van der Waals surface area contributed by atoms with Crippen LogP contribution in [0.1, 0.15) is 18.3 Å². The zero-order valence-corrected chi connectivity index (χ0v) is 13.7. The van der Waals surface area contributed by atoms with Crippen molar-refractivity contribution in [2.75, 3.05) is 12.0 Å².